The lowest BCUT2D eigenvalue weighted by atomic mass is 9.95. The van der Waals surface area contributed by atoms with Crippen LogP contribution in [-0.2, 0) is 0 Å². The summed E-state index contributed by atoms with van der Waals surface area (Å²) < 4.78 is 0. The topological polar surface area (TPSA) is 40.5 Å². The third-order valence-corrected chi connectivity index (χ3v) is 3.65. The Morgan fingerprint density at radius 1 is 1.35 bits per heavy atom. The van der Waals surface area contributed by atoms with Gasteiger partial charge >= 0.3 is 5.97 Å². The number of rotatable bonds is 3. The first-order valence-electron chi connectivity index (χ1n) is 6.16. The molecule has 0 radical (unpaired) electrons. The van der Waals surface area contributed by atoms with E-state index in [-0.39, 0.29) is 0 Å². The molecule has 3 nitrogen and oxygen atoms in total. The largest absolute Gasteiger partial charge is 0.478 e. The summed E-state index contributed by atoms with van der Waals surface area (Å²) in [6, 6.07) is 7.18. The van der Waals surface area contributed by atoms with Gasteiger partial charge in [0.25, 0.3) is 0 Å². The molecule has 1 unspecified atom stereocenters. The number of carbonyl (C=O) groups is 1. The smallest absolute Gasteiger partial charge is 0.335 e. The molecule has 1 N–H and O–H groups in total. The average molecular weight is 233 g/mol. The lowest BCUT2D eigenvalue weighted by Gasteiger charge is -2.20. The van der Waals surface area contributed by atoms with Gasteiger partial charge < -0.3 is 10.0 Å². The van der Waals surface area contributed by atoms with Gasteiger partial charge in [-0.25, -0.2) is 4.79 Å². The lowest BCUT2D eigenvalue weighted by molar-refractivity contribution is 0.0697. The summed E-state index contributed by atoms with van der Waals surface area (Å²) in [7, 11) is 0. The molecule has 1 saturated heterocycles. The van der Waals surface area contributed by atoms with Crippen LogP contribution in [0.15, 0.2) is 24.3 Å². The molecule has 1 fully saturated rings. The number of anilines is 1. The average Bonchev–Trinajstić information content (AvgIpc) is 2.78. The van der Waals surface area contributed by atoms with Crippen LogP contribution in [0.4, 0.5) is 5.69 Å². The van der Waals surface area contributed by atoms with Crippen molar-refractivity contribution >= 4 is 11.7 Å². The highest BCUT2D eigenvalue weighted by atomic mass is 16.4. The van der Waals surface area contributed by atoms with E-state index < -0.39 is 5.97 Å². The fourth-order valence-corrected chi connectivity index (χ4v) is 2.38. The summed E-state index contributed by atoms with van der Waals surface area (Å²) in [5.41, 5.74) is 1.49. The highest BCUT2D eigenvalue weighted by molar-refractivity contribution is 5.88. The Kier molecular flexibility index (Phi) is 3.36. The van der Waals surface area contributed by atoms with E-state index in [4.69, 9.17) is 5.11 Å². The van der Waals surface area contributed by atoms with Crippen LogP contribution in [0, 0.1) is 11.8 Å². The van der Waals surface area contributed by atoms with Gasteiger partial charge in [0.1, 0.15) is 0 Å². The number of hydrogen-bond acceptors (Lipinski definition) is 2. The molecular weight excluding hydrogens is 214 g/mol. The predicted molar refractivity (Wildman–Crippen MR) is 68.6 cm³/mol. The van der Waals surface area contributed by atoms with Gasteiger partial charge in [-0.1, -0.05) is 13.8 Å². The van der Waals surface area contributed by atoms with Crippen LogP contribution in [0.5, 0.6) is 0 Å². The van der Waals surface area contributed by atoms with Gasteiger partial charge in [-0.05, 0) is 42.5 Å². The van der Waals surface area contributed by atoms with Gasteiger partial charge in [0.05, 0.1) is 5.56 Å². The third-order valence-electron chi connectivity index (χ3n) is 3.65. The van der Waals surface area contributed by atoms with Crippen LogP contribution in [0.2, 0.25) is 0 Å². The van der Waals surface area contributed by atoms with E-state index >= 15 is 0 Å². The zero-order valence-electron chi connectivity index (χ0n) is 10.4. The molecule has 0 aliphatic carbocycles. The normalized spacial score (nSPS) is 19.9. The first-order valence-corrected chi connectivity index (χ1v) is 6.16. The summed E-state index contributed by atoms with van der Waals surface area (Å²) in [4.78, 5) is 13.1. The molecule has 0 saturated carbocycles. The van der Waals surface area contributed by atoms with Crippen molar-refractivity contribution in [2.75, 3.05) is 18.0 Å². The molecular formula is C14H19NO2. The minimum Gasteiger partial charge on any atom is -0.478 e. The Labute approximate surface area is 102 Å². The fourth-order valence-electron chi connectivity index (χ4n) is 2.38. The molecule has 0 aromatic heterocycles. The Morgan fingerprint density at radius 2 is 2.00 bits per heavy atom. The van der Waals surface area contributed by atoms with Gasteiger partial charge in [-0.3, -0.25) is 0 Å². The number of nitrogens with zero attached hydrogens (tertiary/aromatic N) is 1. The highest BCUT2D eigenvalue weighted by Crippen LogP contribution is 2.28. The molecule has 1 aromatic carbocycles. The second kappa shape index (κ2) is 4.78. The van der Waals surface area contributed by atoms with Gasteiger partial charge in [-0.15, -0.1) is 0 Å². The molecule has 1 aliphatic heterocycles. The van der Waals surface area contributed by atoms with Gasteiger partial charge in [0.15, 0.2) is 0 Å². The zero-order chi connectivity index (χ0) is 12.4. The number of hydrogen-bond donors (Lipinski definition) is 1. The van der Waals surface area contributed by atoms with Crippen molar-refractivity contribution in [3.63, 3.8) is 0 Å². The maximum atomic E-state index is 10.8. The molecule has 0 bridgehead atoms. The second-order valence-corrected chi connectivity index (χ2v) is 5.09. The maximum Gasteiger partial charge on any atom is 0.335 e. The zero-order valence-corrected chi connectivity index (χ0v) is 10.4. The lowest BCUT2D eigenvalue weighted by Crippen LogP contribution is -2.21. The molecule has 3 heteroatoms. The van der Waals surface area contributed by atoms with E-state index in [0.29, 0.717) is 5.56 Å². The molecule has 0 spiro atoms. The summed E-state index contributed by atoms with van der Waals surface area (Å²) in [5, 5.41) is 8.84. The molecule has 0 amide bonds. The van der Waals surface area contributed by atoms with E-state index in [0.717, 1.165) is 30.6 Å². The van der Waals surface area contributed by atoms with Gasteiger partial charge in [0.2, 0.25) is 0 Å². The van der Waals surface area contributed by atoms with E-state index in [2.05, 4.69) is 18.7 Å². The van der Waals surface area contributed by atoms with Crippen molar-refractivity contribution in [3.05, 3.63) is 29.8 Å². The molecule has 2 rings (SSSR count). The van der Waals surface area contributed by atoms with E-state index in [1.165, 1.54) is 6.42 Å². The predicted octanol–water partition coefficient (Wildman–Crippen LogP) is 2.87. The van der Waals surface area contributed by atoms with Crippen molar-refractivity contribution in [1.82, 2.24) is 0 Å². The fraction of sp³-hybridized carbons (Fsp3) is 0.500. The summed E-state index contributed by atoms with van der Waals surface area (Å²) in [6.45, 7) is 6.70. The molecule has 1 atom stereocenters. The van der Waals surface area contributed by atoms with Crippen molar-refractivity contribution < 1.29 is 9.90 Å². The molecule has 17 heavy (non-hydrogen) atoms. The standard InChI is InChI=1S/C14H19NO2/c1-10(2)12-7-8-15(9-12)13-5-3-11(4-6-13)14(16)17/h3-6,10,12H,7-9H2,1-2H3,(H,16,17). The van der Waals surface area contributed by atoms with E-state index in [1.807, 2.05) is 12.1 Å². The summed E-state index contributed by atoms with van der Waals surface area (Å²) in [5.74, 6) is 0.616. The highest BCUT2D eigenvalue weighted by Gasteiger charge is 2.24. The molecule has 1 heterocycles. The van der Waals surface area contributed by atoms with Crippen molar-refractivity contribution in [1.29, 1.82) is 0 Å². The minimum absolute atomic E-state index is 0.355. The minimum atomic E-state index is -0.863. The van der Waals surface area contributed by atoms with Crippen molar-refractivity contribution in [2.24, 2.45) is 11.8 Å². The first kappa shape index (κ1) is 12.0. The Hall–Kier alpha value is -1.51. The van der Waals surface area contributed by atoms with Crippen molar-refractivity contribution in [3.8, 4) is 0 Å². The Morgan fingerprint density at radius 3 is 2.47 bits per heavy atom. The third kappa shape index (κ3) is 2.60. The number of aromatic carboxylic acids is 1. The van der Waals surface area contributed by atoms with Crippen LogP contribution >= 0.6 is 0 Å². The summed E-state index contributed by atoms with van der Waals surface area (Å²) >= 11 is 0. The quantitative estimate of drug-likeness (QED) is 0.872. The SMILES string of the molecule is CC(C)C1CCN(c2ccc(C(=O)O)cc2)C1. The van der Waals surface area contributed by atoms with Crippen LogP contribution in [0.25, 0.3) is 0 Å². The van der Waals surface area contributed by atoms with E-state index in [1.54, 1.807) is 12.1 Å². The first-order chi connectivity index (χ1) is 8.08. The maximum absolute atomic E-state index is 10.8. The Bertz CT molecular complexity index is 397. The summed E-state index contributed by atoms with van der Waals surface area (Å²) in [6.07, 6.45) is 1.23. The number of benzene rings is 1. The number of carboxylic acids is 1. The van der Waals surface area contributed by atoms with Gasteiger partial charge in [0, 0.05) is 18.8 Å². The monoisotopic (exact) mass is 233 g/mol. The number of carboxylic acid groups (broad SMARTS) is 1. The molecule has 1 aliphatic rings. The van der Waals surface area contributed by atoms with Crippen LogP contribution in [0.3, 0.4) is 0 Å². The van der Waals surface area contributed by atoms with Crippen molar-refractivity contribution in [2.45, 2.75) is 20.3 Å². The van der Waals surface area contributed by atoms with Gasteiger partial charge in [-0.2, -0.15) is 0 Å². The molecule has 1 aromatic rings. The van der Waals surface area contributed by atoms with Crippen LogP contribution in [-0.4, -0.2) is 24.2 Å². The van der Waals surface area contributed by atoms with E-state index in [9.17, 15) is 4.79 Å². The van der Waals surface area contributed by atoms with Crippen LogP contribution in [0.1, 0.15) is 30.6 Å². The molecule has 92 valence electrons. The Balaban J connectivity index is 2.06. The van der Waals surface area contributed by atoms with Crippen LogP contribution < -0.4 is 4.90 Å². The second-order valence-electron chi connectivity index (χ2n) is 5.09.